The summed E-state index contributed by atoms with van der Waals surface area (Å²) >= 11 is 0. The Morgan fingerprint density at radius 2 is 2.05 bits per heavy atom. The smallest absolute Gasteiger partial charge is 0.222 e. The van der Waals surface area contributed by atoms with Crippen LogP contribution in [0.5, 0.6) is 5.75 Å². The zero-order valence-corrected chi connectivity index (χ0v) is 13.4. The molecule has 3 nitrogen and oxygen atoms in total. The molecular formula is C17H23F2NO2. The summed E-state index contributed by atoms with van der Waals surface area (Å²) < 4.78 is 33.3. The molecule has 0 spiro atoms. The van der Waals surface area contributed by atoms with Gasteiger partial charge in [0, 0.05) is 30.7 Å². The molecule has 0 radical (unpaired) electrons. The van der Waals surface area contributed by atoms with Crippen LogP contribution in [0.1, 0.15) is 45.6 Å². The van der Waals surface area contributed by atoms with Crippen LogP contribution in [0.25, 0.3) is 0 Å². The maximum Gasteiger partial charge on any atom is 0.222 e. The summed E-state index contributed by atoms with van der Waals surface area (Å²) in [6.45, 7) is 7.17. The minimum atomic E-state index is -0.652. The van der Waals surface area contributed by atoms with Crippen LogP contribution in [0.3, 0.4) is 0 Å². The summed E-state index contributed by atoms with van der Waals surface area (Å²) in [4.78, 5) is 13.3. The summed E-state index contributed by atoms with van der Waals surface area (Å²) in [5, 5.41) is 0. The van der Waals surface area contributed by atoms with Gasteiger partial charge >= 0.3 is 0 Å². The van der Waals surface area contributed by atoms with E-state index >= 15 is 0 Å². The molecule has 0 saturated carbocycles. The van der Waals surface area contributed by atoms with Crippen molar-refractivity contribution in [2.75, 3.05) is 19.7 Å². The molecule has 0 aliphatic carbocycles. The summed E-state index contributed by atoms with van der Waals surface area (Å²) in [5.74, 6) is -0.890. The van der Waals surface area contributed by atoms with Gasteiger partial charge in [-0.15, -0.1) is 0 Å². The predicted octanol–water partition coefficient (Wildman–Crippen LogP) is 3.65. The molecule has 22 heavy (non-hydrogen) atoms. The van der Waals surface area contributed by atoms with Crippen LogP contribution in [0.15, 0.2) is 12.1 Å². The molecule has 1 aromatic rings. The van der Waals surface area contributed by atoms with E-state index in [1.807, 2.05) is 20.8 Å². The van der Waals surface area contributed by atoms with Crippen molar-refractivity contribution in [3.8, 4) is 5.75 Å². The molecule has 122 valence electrons. The summed E-state index contributed by atoms with van der Waals surface area (Å²) in [7, 11) is 0. The number of ether oxygens (including phenoxy) is 1. The van der Waals surface area contributed by atoms with Gasteiger partial charge in [-0.2, -0.15) is 0 Å². The Morgan fingerprint density at radius 3 is 2.64 bits per heavy atom. The standard InChI is InChI=1S/C17H23F2NO2/c1-4-17(2,3)16-13(19)10-12(18)11-14(16)22-9-8-20-7-5-6-15(20)21/h10-11H,4-9H2,1-3H3. The van der Waals surface area contributed by atoms with Gasteiger partial charge in [-0.3, -0.25) is 4.79 Å². The minimum Gasteiger partial charge on any atom is -0.491 e. The third-order valence-electron chi connectivity index (χ3n) is 4.37. The van der Waals surface area contributed by atoms with E-state index in [0.29, 0.717) is 24.9 Å². The Kier molecular flexibility index (Phi) is 5.04. The SMILES string of the molecule is CCC(C)(C)c1c(F)cc(F)cc1OCCN1CCCC1=O. The number of hydrogen-bond acceptors (Lipinski definition) is 2. The Morgan fingerprint density at radius 1 is 1.32 bits per heavy atom. The normalized spacial score (nSPS) is 15.5. The molecular weight excluding hydrogens is 288 g/mol. The average molecular weight is 311 g/mol. The minimum absolute atomic E-state index is 0.114. The van der Waals surface area contributed by atoms with Gasteiger partial charge in [0.05, 0.1) is 6.54 Å². The number of nitrogens with zero attached hydrogens (tertiary/aromatic N) is 1. The third kappa shape index (κ3) is 3.57. The number of benzene rings is 1. The molecule has 1 amide bonds. The quantitative estimate of drug-likeness (QED) is 0.802. The highest BCUT2D eigenvalue weighted by Gasteiger charge is 2.28. The second-order valence-corrected chi connectivity index (χ2v) is 6.33. The lowest BCUT2D eigenvalue weighted by molar-refractivity contribution is -0.128. The van der Waals surface area contributed by atoms with E-state index in [1.54, 1.807) is 4.90 Å². The summed E-state index contributed by atoms with van der Waals surface area (Å²) in [6, 6.07) is 2.12. The predicted molar refractivity (Wildman–Crippen MR) is 81.0 cm³/mol. The monoisotopic (exact) mass is 311 g/mol. The second kappa shape index (κ2) is 6.63. The molecule has 1 aliphatic heterocycles. The fourth-order valence-electron chi connectivity index (χ4n) is 2.70. The Hall–Kier alpha value is -1.65. The number of hydrogen-bond donors (Lipinski definition) is 0. The summed E-state index contributed by atoms with van der Waals surface area (Å²) in [5.41, 5.74) is -0.0551. The lowest BCUT2D eigenvalue weighted by Crippen LogP contribution is -2.29. The number of likely N-dealkylation sites (tertiary alicyclic amines) is 1. The number of carbonyl (C=O) groups excluding carboxylic acids is 1. The van der Waals surface area contributed by atoms with Gasteiger partial charge < -0.3 is 9.64 Å². The van der Waals surface area contributed by atoms with E-state index < -0.39 is 17.0 Å². The molecule has 1 heterocycles. The molecule has 0 N–H and O–H groups in total. The number of halogens is 2. The molecule has 0 atom stereocenters. The van der Waals surface area contributed by atoms with Gasteiger partial charge in [0.1, 0.15) is 24.0 Å². The van der Waals surface area contributed by atoms with Crippen molar-refractivity contribution in [3.63, 3.8) is 0 Å². The van der Waals surface area contributed by atoms with Crippen LogP contribution in [0.4, 0.5) is 8.78 Å². The maximum absolute atomic E-state index is 14.2. The Bertz CT molecular complexity index is 558. The van der Waals surface area contributed by atoms with Gasteiger partial charge in [-0.05, 0) is 18.3 Å². The molecule has 0 unspecified atom stereocenters. The topological polar surface area (TPSA) is 29.5 Å². The third-order valence-corrected chi connectivity index (χ3v) is 4.37. The van der Waals surface area contributed by atoms with Crippen LogP contribution in [0.2, 0.25) is 0 Å². The number of amides is 1. The lowest BCUT2D eigenvalue weighted by Gasteiger charge is -2.27. The van der Waals surface area contributed by atoms with Crippen molar-refractivity contribution in [3.05, 3.63) is 29.3 Å². The van der Waals surface area contributed by atoms with Crippen molar-refractivity contribution < 1.29 is 18.3 Å². The van der Waals surface area contributed by atoms with Crippen LogP contribution in [-0.2, 0) is 10.2 Å². The van der Waals surface area contributed by atoms with Gasteiger partial charge in [0.15, 0.2) is 0 Å². The molecule has 1 saturated heterocycles. The lowest BCUT2D eigenvalue weighted by atomic mass is 9.81. The fourth-order valence-corrected chi connectivity index (χ4v) is 2.70. The average Bonchev–Trinajstić information content (AvgIpc) is 2.83. The summed E-state index contributed by atoms with van der Waals surface area (Å²) in [6.07, 6.45) is 2.14. The number of carbonyl (C=O) groups is 1. The largest absolute Gasteiger partial charge is 0.491 e. The Labute approximate surface area is 130 Å². The van der Waals surface area contributed by atoms with Gasteiger partial charge in [0.2, 0.25) is 5.91 Å². The van der Waals surface area contributed by atoms with E-state index in [1.165, 1.54) is 6.07 Å². The molecule has 1 aromatic carbocycles. The zero-order valence-electron chi connectivity index (χ0n) is 13.4. The van der Waals surface area contributed by atoms with Crippen molar-refractivity contribution >= 4 is 5.91 Å². The van der Waals surface area contributed by atoms with E-state index in [4.69, 9.17) is 4.74 Å². The first kappa shape index (κ1) is 16.7. The first-order valence-electron chi connectivity index (χ1n) is 7.75. The molecule has 0 bridgehead atoms. The first-order valence-corrected chi connectivity index (χ1v) is 7.75. The first-order chi connectivity index (χ1) is 10.3. The van der Waals surface area contributed by atoms with Gasteiger partial charge in [0.25, 0.3) is 0 Å². The van der Waals surface area contributed by atoms with Crippen LogP contribution in [-0.4, -0.2) is 30.5 Å². The van der Waals surface area contributed by atoms with E-state index in [0.717, 1.165) is 19.0 Å². The van der Waals surface area contributed by atoms with Crippen molar-refractivity contribution in [1.29, 1.82) is 0 Å². The molecule has 1 aliphatic rings. The van der Waals surface area contributed by atoms with Gasteiger partial charge in [-0.25, -0.2) is 8.78 Å². The van der Waals surface area contributed by atoms with Crippen molar-refractivity contribution in [2.24, 2.45) is 0 Å². The Balaban J connectivity index is 2.13. The van der Waals surface area contributed by atoms with Crippen LogP contribution >= 0.6 is 0 Å². The van der Waals surface area contributed by atoms with Crippen LogP contribution in [0, 0.1) is 11.6 Å². The van der Waals surface area contributed by atoms with E-state index in [2.05, 4.69) is 0 Å². The highest BCUT2D eigenvalue weighted by molar-refractivity contribution is 5.78. The molecule has 0 aromatic heterocycles. The second-order valence-electron chi connectivity index (χ2n) is 6.33. The van der Waals surface area contributed by atoms with Gasteiger partial charge in [-0.1, -0.05) is 20.8 Å². The highest BCUT2D eigenvalue weighted by atomic mass is 19.1. The van der Waals surface area contributed by atoms with Crippen molar-refractivity contribution in [1.82, 2.24) is 4.90 Å². The maximum atomic E-state index is 14.2. The van der Waals surface area contributed by atoms with Crippen molar-refractivity contribution in [2.45, 2.75) is 45.4 Å². The zero-order chi connectivity index (χ0) is 16.3. The fraction of sp³-hybridized carbons (Fsp3) is 0.588. The number of rotatable bonds is 6. The van der Waals surface area contributed by atoms with E-state index in [9.17, 15) is 13.6 Å². The highest BCUT2D eigenvalue weighted by Crippen LogP contribution is 2.37. The van der Waals surface area contributed by atoms with Crippen LogP contribution < -0.4 is 4.74 Å². The molecule has 2 rings (SSSR count). The molecule has 1 fully saturated rings. The molecule has 5 heteroatoms. The van der Waals surface area contributed by atoms with E-state index in [-0.39, 0.29) is 18.3 Å².